The molecule has 0 aromatic heterocycles. The Kier molecular flexibility index (Phi) is 7.07. The van der Waals surface area contributed by atoms with Crippen LogP contribution in [0.2, 0.25) is 0 Å². The fraction of sp³-hybridized carbons (Fsp3) is 0.0435. The van der Waals surface area contributed by atoms with Crippen LogP contribution < -0.4 is 4.74 Å². The van der Waals surface area contributed by atoms with Crippen molar-refractivity contribution in [2.75, 3.05) is 0 Å². The normalized spacial score (nSPS) is 14.5. The summed E-state index contributed by atoms with van der Waals surface area (Å²) in [4.78, 5) is 16.5. The Morgan fingerprint density at radius 2 is 1.77 bits per heavy atom. The van der Waals surface area contributed by atoms with Gasteiger partial charge in [0.15, 0.2) is 5.70 Å². The lowest BCUT2D eigenvalue weighted by molar-refractivity contribution is -0.129. The van der Waals surface area contributed by atoms with Crippen molar-refractivity contribution in [2.24, 2.45) is 4.99 Å². The Morgan fingerprint density at radius 1 is 1.06 bits per heavy atom. The van der Waals surface area contributed by atoms with E-state index in [4.69, 9.17) is 9.47 Å². The molecule has 0 radical (unpaired) electrons. The van der Waals surface area contributed by atoms with Gasteiger partial charge in [0, 0.05) is 10.0 Å². The van der Waals surface area contributed by atoms with Gasteiger partial charge in [0.25, 0.3) is 0 Å². The van der Waals surface area contributed by atoms with E-state index in [0.29, 0.717) is 12.2 Å². The average molecular weight is 704 g/mol. The van der Waals surface area contributed by atoms with Crippen LogP contribution in [0.5, 0.6) is 5.75 Å². The zero-order chi connectivity index (χ0) is 22.0. The standard InChI is InChI=1S/C23H13BrFI2NO3/c24-16-6-4-13(5-7-16)12-30-21-18(26)8-14(9-19(21)27)10-20-23(29)31-22(28-20)15-2-1-3-17(25)11-15/h1-11H,12H2/b20-10-. The van der Waals surface area contributed by atoms with Gasteiger partial charge in [-0.05, 0) is 105 Å². The fourth-order valence-corrected chi connectivity index (χ4v) is 5.24. The number of halogens is 4. The molecule has 3 aromatic rings. The SMILES string of the molecule is O=C1OC(c2cccc(F)c2)=N/C1=C\c1cc(I)c(OCc2ccc(Br)cc2)c(I)c1. The van der Waals surface area contributed by atoms with E-state index in [2.05, 4.69) is 66.1 Å². The second kappa shape index (κ2) is 9.78. The van der Waals surface area contributed by atoms with Gasteiger partial charge in [-0.1, -0.05) is 34.1 Å². The fourth-order valence-electron chi connectivity index (χ4n) is 2.85. The van der Waals surface area contributed by atoms with Gasteiger partial charge in [-0.25, -0.2) is 14.2 Å². The smallest absolute Gasteiger partial charge is 0.363 e. The molecule has 0 atom stereocenters. The maximum Gasteiger partial charge on any atom is 0.363 e. The summed E-state index contributed by atoms with van der Waals surface area (Å²) in [5.41, 5.74) is 2.43. The Balaban J connectivity index is 1.55. The van der Waals surface area contributed by atoms with Crippen LogP contribution in [0.25, 0.3) is 6.08 Å². The highest BCUT2D eigenvalue weighted by atomic mass is 127. The van der Waals surface area contributed by atoms with Gasteiger partial charge in [0.05, 0.1) is 7.14 Å². The maximum atomic E-state index is 13.5. The summed E-state index contributed by atoms with van der Waals surface area (Å²) in [6.07, 6.45) is 1.65. The monoisotopic (exact) mass is 703 g/mol. The van der Waals surface area contributed by atoms with Gasteiger partial charge in [0.2, 0.25) is 5.90 Å². The Bertz CT molecular complexity index is 1200. The van der Waals surface area contributed by atoms with Gasteiger partial charge < -0.3 is 9.47 Å². The average Bonchev–Trinajstić information content (AvgIpc) is 3.09. The van der Waals surface area contributed by atoms with Crippen molar-refractivity contribution in [3.63, 3.8) is 0 Å². The summed E-state index contributed by atoms with van der Waals surface area (Å²) in [5, 5.41) is 0. The van der Waals surface area contributed by atoms with Gasteiger partial charge >= 0.3 is 5.97 Å². The van der Waals surface area contributed by atoms with E-state index < -0.39 is 11.8 Å². The van der Waals surface area contributed by atoms with E-state index in [0.717, 1.165) is 28.5 Å². The first-order chi connectivity index (χ1) is 14.9. The second-order valence-corrected chi connectivity index (χ2v) is 9.82. The van der Waals surface area contributed by atoms with Crippen molar-refractivity contribution in [1.82, 2.24) is 0 Å². The largest absolute Gasteiger partial charge is 0.487 e. The first-order valence-corrected chi connectivity index (χ1v) is 12.0. The van der Waals surface area contributed by atoms with E-state index in [1.54, 1.807) is 18.2 Å². The Labute approximate surface area is 214 Å². The van der Waals surface area contributed by atoms with Crippen LogP contribution in [0.1, 0.15) is 16.7 Å². The number of rotatable bonds is 5. The summed E-state index contributed by atoms with van der Waals surface area (Å²) in [6.45, 7) is 0.452. The number of hydrogen-bond acceptors (Lipinski definition) is 4. The van der Waals surface area contributed by atoms with E-state index in [1.807, 2.05) is 36.4 Å². The number of nitrogens with zero attached hydrogens (tertiary/aromatic N) is 1. The lowest BCUT2D eigenvalue weighted by Crippen LogP contribution is -2.05. The minimum absolute atomic E-state index is 0.0922. The third kappa shape index (κ3) is 5.53. The molecule has 0 amide bonds. The summed E-state index contributed by atoms with van der Waals surface area (Å²) < 4.78 is 27.5. The maximum absolute atomic E-state index is 13.5. The summed E-state index contributed by atoms with van der Waals surface area (Å²) in [6, 6.07) is 17.6. The van der Waals surface area contributed by atoms with Crippen molar-refractivity contribution in [2.45, 2.75) is 6.61 Å². The molecule has 0 saturated heterocycles. The van der Waals surface area contributed by atoms with Crippen molar-refractivity contribution in [1.29, 1.82) is 0 Å². The topological polar surface area (TPSA) is 47.9 Å². The van der Waals surface area contributed by atoms with E-state index in [1.165, 1.54) is 12.1 Å². The van der Waals surface area contributed by atoms with Crippen molar-refractivity contribution in [3.8, 4) is 5.75 Å². The molecule has 3 aromatic carbocycles. The molecule has 4 rings (SSSR count). The molecule has 0 saturated carbocycles. The van der Waals surface area contributed by atoms with Crippen LogP contribution in [-0.4, -0.2) is 11.9 Å². The lowest BCUT2D eigenvalue weighted by Gasteiger charge is -2.11. The van der Waals surface area contributed by atoms with Crippen LogP contribution in [0.3, 0.4) is 0 Å². The van der Waals surface area contributed by atoms with Crippen LogP contribution in [0, 0.1) is 13.0 Å². The highest BCUT2D eigenvalue weighted by Gasteiger charge is 2.24. The zero-order valence-corrected chi connectivity index (χ0v) is 21.6. The van der Waals surface area contributed by atoms with Crippen LogP contribution in [0.15, 0.2) is 75.8 Å². The molecule has 31 heavy (non-hydrogen) atoms. The highest BCUT2D eigenvalue weighted by molar-refractivity contribution is 14.1. The third-order valence-electron chi connectivity index (χ3n) is 4.31. The van der Waals surface area contributed by atoms with E-state index in [-0.39, 0.29) is 11.6 Å². The van der Waals surface area contributed by atoms with E-state index in [9.17, 15) is 9.18 Å². The van der Waals surface area contributed by atoms with Gasteiger partial charge in [-0.2, -0.15) is 0 Å². The van der Waals surface area contributed by atoms with Gasteiger partial charge in [-0.15, -0.1) is 0 Å². The molecule has 156 valence electrons. The molecule has 0 spiro atoms. The number of hydrogen-bond donors (Lipinski definition) is 0. The number of aliphatic imine (C=N–C) groups is 1. The molecule has 0 bridgehead atoms. The predicted molar refractivity (Wildman–Crippen MR) is 137 cm³/mol. The number of esters is 1. The molecule has 0 N–H and O–H groups in total. The lowest BCUT2D eigenvalue weighted by atomic mass is 10.2. The molecular formula is C23H13BrFI2NO3. The molecule has 8 heteroatoms. The molecule has 0 unspecified atom stereocenters. The van der Waals surface area contributed by atoms with Crippen LogP contribution in [-0.2, 0) is 16.1 Å². The summed E-state index contributed by atoms with van der Waals surface area (Å²) in [5.74, 6) is -0.116. The Hall–Kier alpha value is -1.79. The summed E-state index contributed by atoms with van der Waals surface area (Å²) in [7, 11) is 0. The zero-order valence-electron chi connectivity index (χ0n) is 15.7. The minimum Gasteiger partial charge on any atom is -0.487 e. The van der Waals surface area contributed by atoms with E-state index >= 15 is 0 Å². The second-order valence-electron chi connectivity index (χ2n) is 6.58. The number of ether oxygens (including phenoxy) is 2. The minimum atomic E-state index is -0.570. The molecule has 0 fully saturated rings. The van der Waals surface area contributed by atoms with Gasteiger partial charge in [-0.3, -0.25) is 0 Å². The van der Waals surface area contributed by atoms with Crippen LogP contribution in [0.4, 0.5) is 4.39 Å². The molecule has 4 nitrogen and oxygen atoms in total. The highest BCUT2D eigenvalue weighted by Crippen LogP contribution is 2.31. The summed E-state index contributed by atoms with van der Waals surface area (Å²) >= 11 is 7.84. The third-order valence-corrected chi connectivity index (χ3v) is 6.44. The first-order valence-electron chi connectivity index (χ1n) is 9.04. The van der Waals surface area contributed by atoms with Crippen molar-refractivity contribution >= 4 is 79.1 Å². The van der Waals surface area contributed by atoms with Gasteiger partial charge in [0.1, 0.15) is 18.2 Å². The Morgan fingerprint density at radius 3 is 2.45 bits per heavy atom. The van der Waals surface area contributed by atoms with Crippen molar-refractivity contribution < 1.29 is 18.7 Å². The molecule has 1 heterocycles. The molecule has 1 aliphatic heterocycles. The molecular weight excluding hydrogens is 691 g/mol. The predicted octanol–water partition coefficient (Wildman–Crippen LogP) is 6.72. The van der Waals surface area contributed by atoms with Crippen LogP contribution >= 0.6 is 61.1 Å². The number of benzene rings is 3. The molecule has 1 aliphatic rings. The number of cyclic esters (lactones) is 1. The quantitative estimate of drug-likeness (QED) is 0.169. The van der Waals surface area contributed by atoms with Crippen molar-refractivity contribution in [3.05, 3.63) is 100 Å². The number of carbonyl (C=O) groups excluding carboxylic acids is 1. The number of carbonyl (C=O) groups is 1. The molecule has 0 aliphatic carbocycles. The first kappa shape index (κ1) is 22.4.